The van der Waals surface area contributed by atoms with Crippen LogP contribution in [0.4, 0.5) is 5.69 Å². The van der Waals surface area contributed by atoms with Gasteiger partial charge < -0.3 is 4.90 Å². The van der Waals surface area contributed by atoms with Gasteiger partial charge in [0.15, 0.2) is 0 Å². The molecular weight excluding hydrogens is 284 g/mol. The highest BCUT2D eigenvalue weighted by Gasteiger charge is 2.25. The van der Waals surface area contributed by atoms with Crippen LogP contribution < -0.4 is 10.2 Å². The van der Waals surface area contributed by atoms with Gasteiger partial charge in [0.1, 0.15) is 0 Å². The van der Waals surface area contributed by atoms with Crippen LogP contribution in [0, 0.1) is 0 Å². The summed E-state index contributed by atoms with van der Waals surface area (Å²) >= 11 is 0. The highest BCUT2D eigenvalue weighted by molar-refractivity contribution is 5.96. The number of carbonyl (C=O) groups is 1. The predicted octanol–water partition coefficient (Wildman–Crippen LogP) is 3.49. The quantitative estimate of drug-likeness (QED) is 0.937. The van der Waals surface area contributed by atoms with E-state index < -0.39 is 0 Å². The van der Waals surface area contributed by atoms with Crippen molar-refractivity contribution in [2.75, 3.05) is 18.0 Å². The summed E-state index contributed by atoms with van der Waals surface area (Å²) in [7, 11) is 0. The van der Waals surface area contributed by atoms with E-state index in [0.29, 0.717) is 6.54 Å². The number of anilines is 1. The molecule has 1 aliphatic rings. The molecule has 0 saturated carbocycles. The van der Waals surface area contributed by atoms with E-state index >= 15 is 0 Å². The second kappa shape index (κ2) is 6.55. The zero-order valence-corrected chi connectivity index (χ0v) is 13.9. The number of fused-ring (bicyclic) bond motifs is 1. The number of hydrogen-bond acceptors (Lipinski definition) is 2. The Morgan fingerprint density at radius 1 is 1.09 bits per heavy atom. The third-order valence-corrected chi connectivity index (χ3v) is 4.59. The molecule has 2 aromatic carbocycles. The maximum atomic E-state index is 12.7. The largest absolute Gasteiger partial charge is 0.311 e. The normalized spacial score (nSPS) is 14.4. The van der Waals surface area contributed by atoms with Crippen LogP contribution >= 0.6 is 0 Å². The molecule has 0 radical (unpaired) electrons. The smallest absolute Gasteiger partial charge is 0.240 e. The van der Waals surface area contributed by atoms with Crippen molar-refractivity contribution in [2.45, 2.75) is 32.2 Å². The number of hydrogen-bond donors (Lipinski definition) is 1. The molecule has 3 rings (SSSR count). The Bertz CT molecular complexity index is 679. The molecule has 23 heavy (non-hydrogen) atoms. The summed E-state index contributed by atoms with van der Waals surface area (Å²) in [6, 6.07) is 18.5. The lowest BCUT2D eigenvalue weighted by Gasteiger charge is -2.32. The van der Waals surface area contributed by atoms with Gasteiger partial charge in [0.2, 0.25) is 5.91 Å². The Balaban J connectivity index is 1.69. The van der Waals surface area contributed by atoms with Crippen molar-refractivity contribution < 1.29 is 4.79 Å². The molecule has 1 amide bonds. The molecule has 1 N–H and O–H groups in total. The summed E-state index contributed by atoms with van der Waals surface area (Å²) in [5.41, 5.74) is 3.30. The van der Waals surface area contributed by atoms with Crippen LogP contribution in [0.3, 0.4) is 0 Å². The Morgan fingerprint density at radius 3 is 2.57 bits per heavy atom. The van der Waals surface area contributed by atoms with Gasteiger partial charge >= 0.3 is 0 Å². The molecule has 0 aromatic heterocycles. The van der Waals surface area contributed by atoms with Gasteiger partial charge in [-0.3, -0.25) is 10.1 Å². The van der Waals surface area contributed by atoms with Crippen molar-refractivity contribution in [3.8, 4) is 0 Å². The first-order chi connectivity index (χ1) is 11.1. The van der Waals surface area contributed by atoms with E-state index in [4.69, 9.17) is 0 Å². The number of nitrogens with one attached hydrogen (secondary N) is 1. The number of benzene rings is 2. The van der Waals surface area contributed by atoms with Crippen LogP contribution in [0.5, 0.6) is 0 Å². The Morgan fingerprint density at radius 2 is 1.78 bits per heavy atom. The minimum atomic E-state index is -0.230. The number of nitrogens with zero attached hydrogens (tertiary/aromatic N) is 1. The van der Waals surface area contributed by atoms with E-state index in [-0.39, 0.29) is 11.4 Å². The number of rotatable bonds is 4. The zero-order valence-electron chi connectivity index (χ0n) is 13.9. The average molecular weight is 308 g/mol. The Labute approximate surface area is 138 Å². The monoisotopic (exact) mass is 308 g/mol. The molecular formula is C20H24N2O. The lowest BCUT2D eigenvalue weighted by molar-refractivity contribution is -0.118. The van der Waals surface area contributed by atoms with Crippen LogP contribution in [0.1, 0.15) is 31.4 Å². The van der Waals surface area contributed by atoms with E-state index in [2.05, 4.69) is 43.4 Å². The molecule has 120 valence electrons. The number of amides is 1. The van der Waals surface area contributed by atoms with Crippen molar-refractivity contribution in [1.82, 2.24) is 5.32 Å². The van der Waals surface area contributed by atoms with E-state index in [1.165, 1.54) is 11.1 Å². The van der Waals surface area contributed by atoms with E-state index in [1.807, 2.05) is 35.2 Å². The first-order valence-electron chi connectivity index (χ1n) is 8.27. The fraction of sp³-hybridized carbons (Fsp3) is 0.350. The molecule has 0 bridgehead atoms. The summed E-state index contributed by atoms with van der Waals surface area (Å²) in [4.78, 5) is 14.6. The van der Waals surface area contributed by atoms with E-state index in [0.717, 1.165) is 25.1 Å². The van der Waals surface area contributed by atoms with Gasteiger partial charge in [-0.05, 0) is 43.9 Å². The first-order valence-corrected chi connectivity index (χ1v) is 8.27. The standard InChI is InChI=1S/C20H24N2O/c1-20(2,17-11-4-3-5-12-17)21-15-19(23)22-14-8-10-16-9-6-7-13-18(16)22/h3-7,9,11-13,21H,8,10,14-15H2,1-2H3. The summed E-state index contributed by atoms with van der Waals surface area (Å²) in [6.07, 6.45) is 2.09. The lowest BCUT2D eigenvalue weighted by Crippen LogP contribution is -2.46. The second-order valence-corrected chi connectivity index (χ2v) is 6.62. The fourth-order valence-electron chi connectivity index (χ4n) is 3.14. The molecule has 3 nitrogen and oxygen atoms in total. The Hall–Kier alpha value is -2.13. The van der Waals surface area contributed by atoms with Crippen LogP contribution in [0.25, 0.3) is 0 Å². The molecule has 0 aliphatic carbocycles. The lowest BCUT2D eigenvalue weighted by atomic mass is 9.94. The number of carbonyl (C=O) groups excluding carboxylic acids is 1. The first kappa shape index (κ1) is 15.8. The fourth-order valence-corrected chi connectivity index (χ4v) is 3.14. The SMILES string of the molecule is CC(C)(NCC(=O)N1CCCc2ccccc21)c1ccccc1. The van der Waals surface area contributed by atoms with Gasteiger partial charge in [0.05, 0.1) is 6.54 Å². The van der Waals surface area contributed by atoms with Gasteiger partial charge in [-0.25, -0.2) is 0 Å². The third kappa shape index (κ3) is 3.45. The van der Waals surface area contributed by atoms with Crippen molar-refractivity contribution in [3.63, 3.8) is 0 Å². The molecule has 0 saturated heterocycles. The maximum Gasteiger partial charge on any atom is 0.240 e. The van der Waals surface area contributed by atoms with Crippen molar-refractivity contribution in [3.05, 3.63) is 65.7 Å². The minimum Gasteiger partial charge on any atom is -0.311 e. The van der Waals surface area contributed by atoms with Gasteiger partial charge in [0.25, 0.3) is 0 Å². The minimum absolute atomic E-state index is 0.140. The molecule has 1 aliphatic heterocycles. The molecule has 1 heterocycles. The van der Waals surface area contributed by atoms with Gasteiger partial charge in [-0.15, -0.1) is 0 Å². The van der Waals surface area contributed by atoms with Gasteiger partial charge in [0, 0.05) is 17.8 Å². The molecule has 0 unspecified atom stereocenters. The van der Waals surface area contributed by atoms with Crippen LogP contribution in [-0.2, 0) is 16.8 Å². The molecule has 3 heteroatoms. The molecule has 0 spiro atoms. The van der Waals surface area contributed by atoms with Crippen molar-refractivity contribution in [1.29, 1.82) is 0 Å². The van der Waals surface area contributed by atoms with Crippen LogP contribution in [-0.4, -0.2) is 19.0 Å². The van der Waals surface area contributed by atoms with Crippen LogP contribution in [0.15, 0.2) is 54.6 Å². The molecule has 0 fully saturated rings. The Kier molecular flexibility index (Phi) is 4.49. The third-order valence-electron chi connectivity index (χ3n) is 4.59. The summed E-state index contributed by atoms with van der Waals surface area (Å²) in [6.45, 7) is 5.37. The van der Waals surface area contributed by atoms with Gasteiger partial charge in [-0.1, -0.05) is 48.5 Å². The highest BCUT2D eigenvalue weighted by atomic mass is 16.2. The number of para-hydroxylation sites is 1. The predicted molar refractivity (Wildman–Crippen MR) is 94.6 cm³/mol. The average Bonchev–Trinajstić information content (AvgIpc) is 2.60. The van der Waals surface area contributed by atoms with E-state index in [1.54, 1.807) is 0 Å². The zero-order chi connectivity index (χ0) is 16.3. The molecule has 2 aromatic rings. The second-order valence-electron chi connectivity index (χ2n) is 6.62. The number of aryl methyl sites for hydroxylation is 1. The topological polar surface area (TPSA) is 32.3 Å². The summed E-state index contributed by atoms with van der Waals surface area (Å²) < 4.78 is 0. The summed E-state index contributed by atoms with van der Waals surface area (Å²) in [5, 5.41) is 3.41. The van der Waals surface area contributed by atoms with Crippen molar-refractivity contribution >= 4 is 11.6 Å². The van der Waals surface area contributed by atoms with Crippen LogP contribution in [0.2, 0.25) is 0 Å². The van der Waals surface area contributed by atoms with E-state index in [9.17, 15) is 4.79 Å². The molecule has 0 atom stereocenters. The highest BCUT2D eigenvalue weighted by Crippen LogP contribution is 2.27. The van der Waals surface area contributed by atoms with Gasteiger partial charge in [-0.2, -0.15) is 0 Å². The maximum absolute atomic E-state index is 12.7. The summed E-state index contributed by atoms with van der Waals surface area (Å²) in [5.74, 6) is 0.140. The van der Waals surface area contributed by atoms with Crippen molar-refractivity contribution in [2.24, 2.45) is 0 Å².